The van der Waals surface area contributed by atoms with Crippen molar-refractivity contribution in [1.29, 1.82) is 0 Å². The molecule has 0 heterocycles. The molecule has 0 N–H and O–H groups in total. The number of hydrogen-bond acceptors (Lipinski definition) is 1. The van der Waals surface area contributed by atoms with Crippen LogP contribution in [0.15, 0.2) is 11.6 Å². The third-order valence-electron chi connectivity index (χ3n) is 2.35. The second-order valence-corrected chi connectivity index (χ2v) is 3.98. The lowest BCUT2D eigenvalue weighted by molar-refractivity contribution is -0.115. The second kappa shape index (κ2) is 4.44. The number of hydrogen-bond donors (Lipinski definition) is 0. The van der Waals surface area contributed by atoms with E-state index in [4.69, 9.17) is 0 Å². The fraction of sp³-hybridized carbons (Fsp3) is 0.727. The molecule has 1 rings (SSSR count). The average Bonchev–Trinajstić information content (AvgIpc) is 2.36. The number of ketones is 1. The van der Waals surface area contributed by atoms with Crippen LogP contribution < -0.4 is 0 Å². The Morgan fingerprint density at radius 2 is 2.25 bits per heavy atom. The largest absolute Gasteiger partial charge is 0.295 e. The van der Waals surface area contributed by atoms with E-state index < -0.39 is 0 Å². The van der Waals surface area contributed by atoms with Crippen molar-refractivity contribution in [2.45, 2.75) is 46.0 Å². The summed E-state index contributed by atoms with van der Waals surface area (Å²) >= 11 is 0. The molecule has 0 atom stereocenters. The van der Waals surface area contributed by atoms with Gasteiger partial charge >= 0.3 is 0 Å². The molecular weight excluding hydrogens is 148 g/mol. The fourth-order valence-corrected chi connectivity index (χ4v) is 1.59. The molecule has 0 unspecified atom stereocenters. The normalized spacial score (nSPS) is 17.2. The first-order valence-electron chi connectivity index (χ1n) is 4.92. The van der Waals surface area contributed by atoms with Crippen molar-refractivity contribution in [2.75, 3.05) is 0 Å². The van der Waals surface area contributed by atoms with Crippen LogP contribution in [0.3, 0.4) is 0 Å². The fourth-order valence-electron chi connectivity index (χ4n) is 1.59. The molecule has 0 amide bonds. The van der Waals surface area contributed by atoms with Crippen LogP contribution >= 0.6 is 0 Å². The molecule has 0 spiro atoms. The van der Waals surface area contributed by atoms with Crippen molar-refractivity contribution in [3.8, 4) is 0 Å². The lowest BCUT2D eigenvalue weighted by atomic mass is 10.0. The Balaban J connectivity index is 2.19. The third kappa shape index (κ3) is 2.80. The van der Waals surface area contributed by atoms with Gasteiger partial charge in [0.05, 0.1) is 0 Å². The van der Waals surface area contributed by atoms with Gasteiger partial charge in [0.25, 0.3) is 0 Å². The maximum atomic E-state index is 11.2. The zero-order valence-corrected chi connectivity index (χ0v) is 8.10. The second-order valence-electron chi connectivity index (χ2n) is 3.98. The molecule has 0 bridgehead atoms. The Bertz CT molecular complexity index is 189. The van der Waals surface area contributed by atoms with Gasteiger partial charge in [0, 0.05) is 6.42 Å². The number of carbonyl (C=O) groups is 1. The topological polar surface area (TPSA) is 17.1 Å². The maximum absolute atomic E-state index is 11.2. The molecule has 1 aliphatic carbocycles. The highest BCUT2D eigenvalue weighted by Gasteiger charge is 2.13. The Hall–Kier alpha value is -0.590. The third-order valence-corrected chi connectivity index (χ3v) is 2.35. The molecule has 0 radical (unpaired) electrons. The zero-order chi connectivity index (χ0) is 8.97. The summed E-state index contributed by atoms with van der Waals surface area (Å²) in [5.41, 5.74) is 1.09. The Morgan fingerprint density at radius 1 is 1.50 bits per heavy atom. The molecule has 1 heteroatoms. The van der Waals surface area contributed by atoms with Crippen molar-refractivity contribution in [3.63, 3.8) is 0 Å². The maximum Gasteiger partial charge on any atom is 0.158 e. The number of Topliss-reactive ketones (excluding diaryl/α,β-unsaturated/α-hetero) is 1. The van der Waals surface area contributed by atoms with E-state index in [2.05, 4.69) is 19.9 Å². The van der Waals surface area contributed by atoms with Crippen LogP contribution in [0, 0.1) is 5.92 Å². The van der Waals surface area contributed by atoms with Crippen molar-refractivity contribution in [3.05, 3.63) is 11.6 Å². The van der Waals surface area contributed by atoms with Gasteiger partial charge in [0.1, 0.15) is 0 Å². The van der Waals surface area contributed by atoms with Crippen molar-refractivity contribution in [2.24, 2.45) is 5.92 Å². The summed E-state index contributed by atoms with van der Waals surface area (Å²) in [4.78, 5) is 11.2. The molecule has 1 aliphatic rings. The zero-order valence-electron chi connectivity index (χ0n) is 8.10. The molecule has 0 saturated carbocycles. The lowest BCUT2D eigenvalue weighted by Crippen LogP contribution is -1.96. The SMILES string of the molecule is CC(C)CCCC1=CCCC1=O. The number of allylic oxidation sites excluding steroid dienone is 2. The van der Waals surface area contributed by atoms with Crippen LogP contribution in [0.25, 0.3) is 0 Å². The smallest absolute Gasteiger partial charge is 0.158 e. The first-order chi connectivity index (χ1) is 5.70. The van der Waals surface area contributed by atoms with Crippen molar-refractivity contribution >= 4 is 5.78 Å². The Kier molecular flexibility index (Phi) is 3.51. The van der Waals surface area contributed by atoms with Gasteiger partial charge in [0.2, 0.25) is 0 Å². The molecule has 0 aromatic heterocycles. The van der Waals surface area contributed by atoms with E-state index in [1.165, 1.54) is 12.8 Å². The van der Waals surface area contributed by atoms with Crippen LogP contribution in [0.4, 0.5) is 0 Å². The van der Waals surface area contributed by atoms with E-state index in [1.807, 2.05) is 0 Å². The minimum atomic E-state index is 0.388. The summed E-state index contributed by atoms with van der Waals surface area (Å²) in [6.45, 7) is 4.45. The van der Waals surface area contributed by atoms with Crippen LogP contribution in [0.1, 0.15) is 46.0 Å². The van der Waals surface area contributed by atoms with E-state index in [0.29, 0.717) is 5.78 Å². The van der Waals surface area contributed by atoms with Gasteiger partial charge in [-0.2, -0.15) is 0 Å². The summed E-state index contributed by atoms with van der Waals surface area (Å²) in [6, 6.07) is 0. The number of rotatable bonds is 4. The highest BCUT2D eigenvalue weighted by Crippen LogP contribution is 2.20. The van der Waals surface area contributed by atoms with E-state index >= 15 is 0 Å². The quantitative estimate of drug-likeness (QED) is 0.627. The van der Waals surface area contributed by atoms with Gasteiger partial charge in [-0.05, 0) is 30.8 Å². The van der Waals surface area contributed by atoms with Crippen molar-refractivity contribution < 1.29 is 4.79 Å². The highest BCUT2D eigenvalue weighted by molar-refractivity contribution is 5.97. The first kappa shape index (κ1) is 9.50. The Morgan fingerprint density at radius 3 is 2.75 bits per heavy atom. The summed E-state index contributed by atoms with van der Waals surface area (Å²) < 4.78 is 0. The molecule has 0 saturated heterocycles. The summed E-state index contributed by atoms with van der Waals surface area (Å²) in [6.07, 6.45) is 7.28. The van der Waals surface area contributed by atoms with Gasteiger partial charge in [0.15, 0.2) is 5.78 Å². The van der Waals surface area contributed by atoms with Gasteiger partial charge < -0.3 is 0 Å². The van der Waals surface area contributed by atoms with Gasteiger partial charge in [-0.25, -0.2) is 0 Å². The molecule has 0 aliphatic heterocycles. The molecule has 0 aromatic carbocycles. The summed E-state index contributed by atoms with van der Waals surface area (Å²) in [7, 11) is 0. The minimum Gasteiger partial charge on any atom is -0.295 e. The van der Waals surface area contributed by atoms with Crippen LogP contribution in [0.2, 0.25) is 0 Å². The lowest BCUT2D eigenvalue weighted by Gasteiger charge is -2.03. The number of carbonyl (C=O) groups excluding carboxylic acids is 1. The standard InChI is InChI=1S/C11H18O/c1-9(2)5-3-6-10-7-4-8-11(10)12/h7,9H,3-6,8H2,1-2H3. The Labute approximate surface area is 74.9 Å². The summed E-state index contributed by atoms with van der Waals surface area (Å²) in [5.74, 6) is 1.15. The monoisotopic (exact) mass is 166 g/mol. The minimum absolute atomic E-state index is 0.388. The predicted molar refractivity (Wildman–Crippen MR) is 51.0 cm³/mol. The molecule has 0 aromatic rings. The van der Waals surface area contributed by atoms with Gasteiger partial charge in [-0.1, -0.05) is 26.3 Å². The average molecular weight is 166 g/mol. The predicted octanol–water partition coefficient (Wildman–Crippen LogP) is 3.10. The molecular formula is C11H18O. The van der Waals surface area contributed by atoms with E-state index in [9.17, 15) is 4.79 Å². The van der Waals surface area contributed by atoms with E-state index in [1.54, 1.807) is 0 Å². The first-order valence-corrected chi connectivity index (χ1v) is 4.92. The summed E-state index contributed by atoms with van der Waals surface area (Å²) in [5, 5.41) is 0. The molecule has 1 nitrogen and oxygen atoms in total. The van der Waals surface area contributed by atoms with E-state index in [0.717, 1.165) is 30.8 Å². The van der Waals surface area contributed by atoms with Crippen LogP contribution in [0.5, 0.6) is 0 Å². The van der Waals surface area contributed by atoms with Crippen LogP contribution in [-0.4, -0.2) is 5.78 Å². The highest BCUT2D eigenvalue weighted by atomic mass is 16.1. The van der Waals surface area contributed by atoms with Crippen LogP contribution in [-0.2, 0) is 4.79 Å². The van der Waals surface area contributed by atoms with Gasteiger partial charge in [-0.3, -0.25) is 4.79 Å². The van der Waals surface area contributed by atoms with E-state index in [-0.39, 0.29) is 0 Å². The molecule has 12 heavy (non-hydrogen) atoms. The molecule has 0 fully saturated rings. The molecule has 68 valence electrons. The van der Waals surface area contributed by atoms with Crippen molar-refractivity contribution in [1.82, 2.24) is 0 Å². The van der Waals surface area contributed by atoms with Gasteiger partial charge in [-0.15, -0.1) is 0 Å².